The van der Waals surface area contributed by atoms with Gasteiger partial charge in [0.1, 0.15) is 5.75 Å². The van der Waals surface area contributed by atoms with Gasteiger partial charge in [0.05, 0.1) is 31.7 Å². The molecule has 0 aliphatic heterocycles. The number of benzene rings is 3. The van der Waals surface area contributed by atoms with E-state index in [0.29, 0.717) is 11.3 Å². The minimum Gasteiger partial charge on any atom is -0.497 e. The number of hydrogen-bond acceptors (Lipinski definition) is 7. The van der Waals surface area contributed by atoms with Crippen molar-refractivity contribution in [2.24, 2.45) is 5.10 Å². The first-order valence-electron chi connectivity index (χ1n) is 11.7. The highest BCUT2D eigenvalue weighted by atomic mass is 79.9. The van der Waals surface area contributed by atoms with Gasteiger partial charge in [-0.3, -0.25) is 14.4 Å². The molecule has 0 fully saturated rings. The molecule has 0 aromatic heterocycles. The number of hydrazone groups is 1. The van der Waals surface area contributed by atoms with Crippen molar-refractivity contribution in [2.45, 2.75) is 12.7 Å². The lowest BCUT2D eigenvalue weighted by molar-refractivity contribution is -0.139. The Hall–Kier alpha value is -4.59. The average Bonchev–Trinajstić information content (AvgIpc) is 2.95. The van der Waals surface area contributed by atoms with Gasteiger partial charge in [0.25, 0.3) is 5.91 Å². The van der Waals surface area contributed by atoms with Crippen LogP contribution in [-0.2, 0) is 27.1 Å². The highest BCUT2D eigenvalue weighted by molar-refractivity contribution is 9.10. The van der Waals surface area contributed by atoms with E-state index in [0.717, 1.165) is 17.7 Å². The summed E-state index contributed by atoms with van der Waals surface area (Å²) in [5, 5.41) is 8.40. The van der Waals surface area contributed by atoms with Gasteiger partial charge in [-0.15, -0.1) is 0 Å². The predicted octanol–water partition coefficient (Wildman–Crippen LogP) is 4.27. The van der Waals surface area contributed by atoms with Crippen molar-refractivity contribution in [1.82, 2.24) is 10.7 Å². The third kappa shape index (κ3) is 9.24. The van der Waals surface area contributed by atoms with E-state index in [4.69, 9.17) is 14.2 Å². The van der Waals surface area contributed by atoms with Crippen LogP contribution in [0.3, 0.4) is 0 Å². The van der Waals surface area contributed by atoms with E-state index in [2.05, 4.69) is 37.1 Å². The molecule has 0 unspecified atom stereocenters. The van der Waals surface area contributed by atoms with Crippen LogP contribution in [0.25, 0.3) is 0 Å². The van der Waals surface area contributed by atoms with Crippen LogP contribution in [0.5, 0.6) is 17.2 Å². The van der Waals surface area contributed by atoms with E-state index in [1.165, 1.54) is 44.7 Å². The summed E-state index contributed by atoms with van der Waals surface area (Å²) >= 11 is 2.98. The van der Waals surface area contributed by atoms with E-state index in [-0.39, 0.29) is 22.5 Å². The number of nitrogens with zero attached hydrogens (tertiary/aromatic N) is 1. The number of rotatable bonds is 10. The molecule has 3 aromatic carbocycles. The number of carbonyl (C=O) groups excluding carboxylic acids is 3. The Morgan fingerprint density at radius 2 is 1.66 bits per heavy atom. The predicted molar refractivity (Wildman–Crippen MR) is 147 cm³/mol. The van der Waals surface area contributed by atoms with E-state index in [9.17, 15) is 27.6 Å². The molecule has 216 valence electrons. The zero-order valence-corrected chi connectivity index (χ0v) is 23.3. The molecule has 3 rings (SSSR count). The number of methoxy groups -OCH3 is 2. The molecule has 0 aliphatic rings. The smallest absolute Gasteiger partial charge is 0.418 e. The first-order chi connectivity index (χ1) is 19.5. The number of alkyl halides is 3. The van der Waals surface area contributed by atoms with E-state index in [1.54, 1.807) is 24.3 Å². The number of halogens is 4. The first kappa shape index (κ1) is 30.9. The van der Waals surface area contributed by atoms with E-state index < -0.39 is 41.8 Å². The Morgan fingerprint density at radius 1 is 0.927 bits per heavy atom. The first-order valence-corrected chi connectivity index (χ1v) is 12.5. The largest absolute Gasteiger partial charge is 0.497 e. The second-order valence-electron chi connectivity index (χ2n) is 8.16. The molecule has 0 saturated heterocycles. The molecular formula is C27H24BrF3N4O6. The maximum atomic E-state index is 13.3. The third-order valence-electron chi connectivity index (χ3n) is 5.31. The number of nitrogens with one attached hydrogen (secondary N) is 3. The topological polar surface area (TPSA) is 127 Å². The monoisotopic (exact) mass is 636 g/mol. The lowest BCUT2D eigenvalue weighted by Gasteiger charge is -2.15. The fraction of sp³-hybridized carbons (Fsp3) is 0.185. The zero-order chi connectivity index (χ0) is 30.0. The van der Waals surface area contributed by atoms with Crippen LogP contribution in [0.4, 0.5) is 18.9 Å². The normalized spacial score (nSPS) is 11.1. The molecule has 3 aromatic rings. The van der Waals surface area contributed by atoms with Gasteiger partial charge in [-0.25, -0.2) is 5.43 Å². The van der Waals surface area contributed by atoms with E-state index in [1.807, 2.05) is 0 Å². The Bertz CT molecular complexity index is 1430. The lowest BCUT2D eigenvalue weighted by Crippen LogP contribution is -2.37. The van der Waals surface area contributed by atoms with Crippen LogP contribution in [-0.4, -0.2) is 44.8 Å². The van der Waals surface area contributed by atoms with Crippen LogP contribution < -0.4 is 30.3 Å². The molecule has 0 atom stereocenters. The van der Waals surface area contributed by atoms with Gasteiger partial charge in [0.15, 0.2) is 18.1 Å². The molecule has 41 heavy (non-hydrogen) atoms. The van der Waals surface area contributed by atoms with Gasteiger partial charge in [-0.1, -0.05) is 28.1 Å². The SMILES string of the molecule is COc1ccc(CNC(=O)C(=O)N/N=C\c2ccc(OCC(=O)Nc3ccc(Br)cc3C(F)(F)F)c(OC)c2)cc1. The molecule has 0 saturated carbocycles. The molecule has 0 heterocycles. The number of amides is 3. The molecule has 3 amide bonds. The van der Waals surface area contributed by atoms with Crippen molar-refractivity contribution in [3.8, 4) is 17.2 Å². The average molecular weight is 637 g/mol. The van der Waals surface area contributed by atoms with Gasteiger partial charge in [0, 0.05) is 11.0 Å². The molecule has 0 bridgehead atoms. The Balaban J connectivity index is 1.52. The minimum atomic E-state index is -4.67. The van der Waals surface area contributed by atoms with Crippen LogP contribution >= 0.6 is 15.9 Å². The number of carbonyl (C=O) groups is 3. The summed E-state index contributed by atoms with van der Waals surface area (Å²) in [5.74, 6) is -1.71. The Labute approximate surface area is 241 Å². The standard InChI is InChI=1S/C27H24BrF3N4O6/c1-39-19-7-3-16(4-8-19)13-32-25(37)26(38)35-33-14-17-5-10-22(23(11-17)40-2)41-15-24(36)34-21-9-6-18(28)12-20(21)27(29,30)31/h3-12,14H,13,15H2,1-2H3,(H,32,37)(H,34,36)(H,35,38)/b33-14-. The van der Waals surface area contributed by atoms with Gasteiger partial charge >= 0.3 is 18.0 Å². The quantitative estimate of drug-likeness (QED) is 0.173. The Morgan fingerprint density at radius 3 is 2.32 bits per heavy atom. The summed E-state index contributed by atoms with van der Waals surface area (Å²) in [6.07, 6.45) is -3.42. The van der Waals surface area contributed by atoms with E-state index >= 15 is 0 Å². The van der Waals surface area contributed by atoms with Gasteiger partial charge in [0.2, 0.25) is 0 Å². The molecule has 0 aliphatic carbocycles. The number of hydrogen-bond donors (Lipinski definition) is 3. The third-order valence-corrected chi connectivity index (χ3v) is 5.80. The zero-order valence-electron chi connectivity index (χ0n) is 21.7. The molecular weight excluding hydrogens is 613 g/mol. The fourth-order valence-corrected chi connectivity index (χ4v) is 3.66. The highest BCUT2D eigenvalue weighted by Crippen LogP contribution is 2.36. The van der Waals surface area contributed by atoms with Crippen molar-refractivity contribution in [2.75, 3.05) is 26.1 Å². The van der Waals surface area contributed by atoms with Crippen LogP contribution in [0.2, 0.25) is 0 Å². The van der Waals surface area contributed by atoms with Crippen molar-refractivity contribution >= 4 is 45.6 Å². The Kier molecular flexibility index (Phi) is 10.7. The molecule has 0 spiro atoms. The fourth-order valence-electron chi connectivity index (χ4n) is 3.30. The van der Waals surface area contributed by atoms with Gasteiger partial charge in [-0.2, -0.15) is 18.3 Å². The molecule has 14 heteroatoms. The van der Waals surface area contributed by atoms with Crippen LogP contribution in [0.1, 0.15) is 16.7 Å². The second kappa shape index (κ2) is 14.2. The molecule has 0 radical (unpaired) electrons. The highest BCUT2D eigenvalue weighted by Gasteiger charge is 2.34. The summed E-state index contributed by atoms with van der Waals surface area (Å²) < 4.78 is 55.8. The molecule has 10 nitrogen and oxygen atoms in total. The maximum Gasteiger partial charge on any atom is 0.418 e. The second-order valence-corrected chi connectivity index (χ2v) is 9.08. The van der Waals surface area contributed by atoms with Crippen molar-refractivity contribution in [3.05, 3.63) is 81.8 Å². The molecule has 3 N–H and O–H groups in total. The van der Waals surface area contributed by atoms with Crippen molar-refractivity contribution < 1.29 is 41.8 Å². The summed E-state index contributed by atoms with van der Waals surface area (Å²) in [6.45, 7) is -0.470. The van der Waals surface area contributed by atoms with Crippen molar-refractivity contribution in [3.63, 3.8) is 0 Å². The van der Waals surface area contributed by atoms with Gasteiger partial charge < -0.3 is 24.8 Å². The number of ether oxygens (including phenoxy) is 3. The summed E-state index contributed by atoms with van der Waals surface area (Å²) in [5.41, 5.74) is 1.90. The minimum absolute atomic E-state index is 0.128. The summed E-state index contributed by atoms with van der Waals surface area (Å²) in [7, 11) is 2.88. The van der Waals surface area contributed by atoms with Crippen LogP contribution in [0.15, 0.2) is 70.2 Å². The number of anilines is 1. The lowest BCUT2D eigenvalue weighted by atomic mass is 10.1. The summed E-state index contributed by atoms with van der Waals surface area (Å²) in [6, 6.07) is 14.7. The van der Waals surface area contributed by atoms with Crippen molar-refractivity contribution in [1.29, 1.82) is 0 Å². The maximum absolute atomic E-state index is 13.3. The van der Waals surface area contributed by atoms with Crippen LogP contribution in [0, 0.1) is 0 Å². The van der Waals surface area contributed by atoms with Gasteiger partial charge in [-0.05, 0) is 59.7 Å². The summed E-state index contributed by atoms with van der Waals surface area (Å²) in [4.78, 5) is 36.3.